The molecule has 0 saturated carbocycles. The first-order chi connectivity index (χ1) is 8.00. The lowest BCUT2D eigenvalue weighted by atomic mass is 10.5. The first-order valence-electron chi connectivity index (χ1n) is 6.08. The van der Waals surface area contributed by atoms with Crippen LogP contribution in [-0.4, -0.2) is 88.5 Å². The Morgan fingerprint density at radius 2 is 1.59 bits per heavy atom. The highest BCUT2D eigenvalue weighted by Gasteiger charge is 2.17. The molecule has 0 bridgehead atoms. The van der Waals surface area contributed by atoms with Gasteiger partial charge in [-0.1, -0.05) is 0 Å². The Hall–Kier alpha value is -0.810. The van der Waals surface area contributed by atoms with E-state index in [4.69, 9.17) is 9.47 Å². The molecular weight excluding hydrogens is 218 g/mol. The van der Waals surface area contributed by atoms with Crippen LogP contribution in [0.5, 0.6) is 0 Å². The van der Waals surface area contributed by atoms with Crippen molar-refractivity contribution in [2.45, 2.75) is 6.92 Å². The number of hydrogen-bond donors (Lipinski definition) is 0. The van der Waals surface area contributed by atoms with Crippen molar-refractivity contribution in [2.75, 3.05) is 68.2 Å². The third-order valence-electron chi connectivity index (χ3n) is 2.29. The molecule has 0 aliphatic carbocycles. The average molecular weight is 246 g/mol. The van der Waals surface area contributed by atoms with E-state index in [9.17, 15) is 0 Å². The highest BCUT2D eigenvalue weighted by atomic mass is 16.5. The van der Waals surface area contributed by atoms with Crippen LogP contribution >= 0.6 is 0 Å². The topological polar surface area (TPSA) is 28.0 Å². The Bertz CT molecular complexity index is 226. The molecule has 0 radical (unpaired) electrons. The smallest absolute Gasteiger partial charge is 0.349 e. The van der Waals surface area contributed by atoms with Gasteiger partial charge in [-0.05, 0) is 6.92 Å². The molecule has 0 heterocycles. The first kappa shape index (κ1) is 16.2. The van der Waals surface area contributed by atoms with Crippen molar-refractivity contribution < 1.29 is 14.0 Å². The zero-order valence-electron chi connectivity index (χ0n) is 12.2. The zero-order chi connectivity index (χ0) is 13.3. The second-order valence-electron chi connectivity index (χ2n) is 4.32. The van der Waals surface area contributed by atoms with Gasteiger partial charge in [0.25, 0.3) is 0 Å². The molecule has 5 nitrogen and oxygen atoms in total. The van der Waals surface area contributed by atoms with E-state index >= 15 is 0 Å². The van der Waals surface area contributed by atoms with Crippen molar-refractivity contribution in [1.29, 1.82) is 0 Å². The van der Waals surface area contributed by atoms with E-state index in [2.05, 4.69) is 21.4 Å². The largest absolute Gasteiger partial charge is 0.379 e. The van der Waals surface area contributed by atoms with Gasteiger partial charge < -0.3 is 9.47 Å². The monoisotopic (exact) mass is 246 g/mol. The first-order valence-corrected chi connectivity index (χ1v) is 6.08. The Morgan fingerprint density at radius 1 is 1.00 bits per heavy atom. The number of rotatable bonds is 7. The summed E-state index contributed by atoms with van der Waals surface area (Å²) in [5.41, 5.74) is 0. The van der Waals surface area contributed by atoms with Crippen LogP contribution in [0.25, 0.3) is 0 Å². The summed E-state index contributed by atoms with van der Waals surface area (Å²) in [6, 6.07) is 0. The third kappa shape index (κ3) is 7.18. The molecule has 102 valence electrons. The normalized spacial score (nSPS) is 10.2. The summed E-state index contributed by atoms with van der Waals surface area (Å²) in [6.07, 6.45) is 0. The fourth-order valence-electron chi connectivity index (χ4n) is 1.75. The van der Waals surface area contributed by atoms with E-state index in [1.54, 1.807) is 0 Å². The lowest BCUT2D eigenvalue weighted by molar-refractivity contribution is -0.475. The molecule has 0 amide bonds. The summed E-state index contributed by atoms with van der Waals surface area (Å²) >= 11 is 0. The summed E-state index contributed by atoms with van der Waals surface area (Å²) in [5.74, 6) is 1.17. The Morgan fingerprint density at radius 3 is 2.06 bits per heavy atom. The molecule has 0 aliphatic rings. The van der Waals surface area contributed by atoms with Crippen LogP contribution in [0.1, 0.15) is 6.92 Å². The molecule has 0 N–H and O–H groups in total. The van der Waals surface area contributed by atoms with Gasteiger partial charge in [-0.15, -0.1) is 0 Å². The summed E-state index contributed by atoms with van der Waals surface area (Å²) in [7, 11) is 10.2. The maximum absolute atomic E-state index is 5.50. The second-order valence-corrected chi connectivity index (χ2v) is 4.32. The van der Waals surface area contributed by atoms with Crippen molar-refractivity contribution in [3.05, 3.63) is 0 Å². The zero-order valence-corrected chi connectivity index (χ0v) is 12.2. The molecule has 0 atom stereocenters. The van der Waals surface area contributed by atoms with Crippen LogP contribution in [0.15, 0.2) is 0 Å². The van der Waals surface area contributed by atoms with Crippen LogP contribution in [0.3, 0.4) is 0 Å². The third-order valence-corrected chi connectivity index (χ3v) is 2.29. The van der Waals surface area contributed by atoms with Gasteiger partial charge in [0.05, 0.1) is 61.6 Å². The minimum Gasteiger partial charge on any atom is -0.379 e. The predicted octanol–water partition coefficient (Wildman–Crippen LogP) is 0.161. The number of ether oxygens (including phenoxy) is 2. The van der Waals surface area contributed by atoms with Gasteiger partial charge in [0, 0.05) is 6.61 Å². The van der Waals surface area contributed by atoms with Crippen molar-refractivity contribution in [2.24, 2.45) is 0 Å². The van der Waals surface area contributed by atoms with Gasteiger partial charge in [0.15, 0.2) is 0 Å². The second kappa shape index (κ2) is 9.24. The highest BCUT2D eigenvalue weighted by Crippen LogP contribution is 1.91. The molecule has 0 aromatic carbocycles. The molecular formula is C12H28N3O2+. The number of likely N-dealkylation sites (N-methyl/N-ethyl adjacent to an activating group) is 1. The highest BCUT2D eigenvalue weighted by molar-refractivity contribution is 5.74. The molecule has 0 saturated heterocycles. The molecule has 0 unspecified atom stereocenters. The average Bonchev–Trinajstić information content (AvgIpc) is 2.22. The van der Waals surface area contributed by atoms with E-state index in [1.165, 1.54) is 5.96 Å². The fraction of sp³-hybridized carbons (Fsp3) is 0.917. The molecule has 0 aromatic rings. The van der Waals surface area contributed by atoms with Crippen molar-refractivity contribution in [3.63, 3.8) is 0 Å². The van der Waals surface area contributed by atoms with Crippen LogP contribution < -0.4 is 0 Å². The lowest BCUT2D eigenvalue weighted by Gasteiger charge is -2.21. The van der Waals surface area contributed by atoms with Gasteiger partial charge in [-0.2, -0.15) is 0 Å². The van der Waals surface area contributed by atoms with Gasteiger partial charge in [-0.25, -0.2) is 0 Å². The number of nitrogens with zero attached hydrogens (tertiary/aromatic N) is 3. The molecule has 0 spiro atoms. The maximum Gasteiger partial charge on any atom is 0.349 e. The SMILES string of the molecule is CCOCCOCCN(C)C(N(C)C)=[N+](C)C. The van der Waals surface area contributed by atoms with Crippen molar-refractivity contribution >= 4 is 5.96 Å². The van der Waals surface area contributed by atoms with E-state index in [1.807, 2.05) is 35.1 Å². The Kier molecular flexibility index (Phi) is 8.80. The van der Waals surface area contributed by atoms with Crippen molar-refractivity contribution in [1.82, 2.24) is 9.80 Å². The molecule has 5 heteroatoms. The van der Waals surface area contributed by atoms with Gasteiger partial charge in [0.2, 0.25) is 0 Å². The molecule has 0 rings (SSSR count). The van der Waals surface area contributed by atoms with Gasteiger partial charge in [0.1, 0.15) is 0 Å². The van der Waals surface area contributed by atoms with E-state index in [-0.39, 0.29) is 0 Å². The molecule has 0 fully saturated rings. The van der Waals surface area contributed by atoms with E-state index < -0.39 is 0 Å². The van der Waals surface area contributed by atoms with E-state index in [0.29, 0.717) is 13.2 Å². The molecule has 17 heavy (non-hydrogen) atoms. The van der Waals surface area contributed by atoms with Crippen LogP contribution in [0, 0.1) is 0 Å². The predicted molar refractivity (Wildman–Crippen MR) is 70.7 cm³/mol. The number of hydrogen-bond acceptors (Lipinski definition) is 2. The van der Waals surface area contributed by atoms with Gasteiger partial charge >= 0.3 is 5.96 Å². The summed E-state index contributed by atoms with van der Waals surface area (Å²) < 4.78 is 12.8. The van der Waals surface area contributed by atoms with Crippen molar-refractivity contribution in [3.8, 4) is 0 Å². The van der Waals surface area contributed by atoms with E-state index in [0.717, 1.165) is 19.8 Å². The summed E-state index contributed by atoms with van der Waals surface area (Å²) in [6.45, 7) is 5.68. The minimum absolute atomic E-state index is 0.668. The minimum atomic E-state index is 0.668. The molecule has 0 aromatic heterocycles. The maximum atomic E-state index is 5.50. The summed E-state index contributed by atoms with van der Waals surface area (Å²) in [5, 5.41) is 0. The Labute approximate surface area is 106 Å². The van der Waals surface area contributed by atoms with Crippen LogP contribution in [0.2, 0.25) is 0 Å². The van der Waals surface area contributed by atoms with Crippen LogP contribution in [0.4, 0.5) is 0 Å². The summed E-state index contributed by atoms with van der Waals surface area (Å²) in [4.78, 5) is 4.28. The van der Waals surface area contributed by atoms with Crippen LogP contribution in [-0.2, 0) is 9.47 Å². The quantitative estimate of drug-likeness (QED) is 0.277. The lowest BCUT2D eigenvalue weighted by Crippen LogP contribution is -2.44. The fourth-order valence-corrected chi connectivity index (χ4v) is 1.75. The van der Waals surface area contributed by atoms with Gasteiger partial charge in [-0.3, -0.25) is 14.4 Å². The Balaban J connectivity index is 3.85. The molecule has 0 aliphatic heterocycles. The number of guanidine groups is 1. The standard InChI is InChI=1S/C12H28N3O2/c1-7-16-10-11-17-9-8-15(6)12(13(2)3)14(4)5/h7-11H2,1-6H3/q+1.